The Bertz CT molecular complexity index is 1230. The smallest absolute Gasteiger partial charge is 0.255 e. The molecule has 3 aliphatic carbocycles. The predicted octanol–water partition coefficient (Wildman–Crippen LogP) is 0.922. The van der Waals surface area contributed by atoms with Crippen molar-refractivity contribution in [3.05, 3.63) is 51.0 Å². The molecule has 1 amide bonds. The summed E-state index contributed by atoms with van der Waals surface area (Å²) in [5, 5.41) is 44.7. The molecular weight excluding hydrogens is 466 g/mol. The molecule has 4 rings (SSSR count). The first kappa shape index (κ1) is 25.9. The average Bonchev–Trinajstić information content (AvgIpc) is 2.80. The molecule has 0 heterocycles. The quantitative estimate of drug-likeness (QED) is 0.309. The third kappa shape index (κ3) is 3.47. The number of aliphatic hydroxyl groups excluding tert-OH is 2. The zero-order chi connectivity index (χ0) is 26.7. The van der Waals surface area contributed by atoms with Crippen molar-refractivity contribution in [3.63, 3.8) is 0 Å². The predicted molar refractivity (Wildman–Crippen MR) is 130 cm³/mol. The minimum absolute atomic E-state index is 0.00102. The van der Waals surface area contributed by atoms with E-state index in [0.29, 0.717) is 17.5 Å². The van der Waals surface area contributed by atoms with Crippen molar-refractivity contribution in [2.45, 2.75) is 57.2 Å². The molecule has 0 saturated heterocycles. The summed E-state index contributed by atoms with van der Waals surface area (Å²) in [5.74, 6) is -6.54. The molecule has 1 unspecified atom stereocenters. The standard InChI is InChI=1S/C26H33N3O7/c1-4-5-6-11-7-13(10-27)20(30)17-14(11)8-12-9-15-19(29(2)3)22(32)18(25(28)35)24(34)26(15,36)23(33)16(12)21(17)31/h7,12,15,19,30,32-33,36H,4-6,8-10,27H2,1-3H3,(H2,28,35)/t12-,15?,19-,26-/m0/s1. The monoisotopic (exact) mass is 499 g/mol. The molecule has 0 bridgehead atoms. The van der Waals surface area contributed by atoms with E-state index >= 15 is 0 Å². The summed E-state index contributed by atoms with van der Waals surface area (Å²) in [6.07, 6.45) is 2.81. The molecule has 0 saturated carbocycles. The van der Waals surface area contributed by atoms with E-state index in [1.807, 2.05) is 13.0 Å². The fourth-order valence-electron chi connectivity index (χ4n) is 6.20. The summed E-state index contributed by atoms with van der Waals surface area (Å²) < 4.78 is 0. The number of phenolic OH excluding ortho intramolecular Hbond substituents is 1. The number of hydrogen-bond acceptors (Lipinski definition) is 9. The van der Waals surface area contributed by atoms with Gasteiger partial charge in [-0.3, -0.25) is 19.3 Å². The summed E-state index contributed by atoms with van der Waals surface area (Å²) in [6.45, 7) is 2.05. The van der Waals surface area contributed by atoms with E-state index in [0.717, 1.165) is 18.4 Å². The number of primary amides is 1. The van der Waals surface area contributed by atoms with E-state index in [1.165, 1.54) is 4.90 Å². The van der Waals surface area contributed by atoms with E-state index in [9.17, 15) is 34.8 Å². The number of likely N-dealkylation sites (N-methyl/N-ethyl adjacent to an activating group) is 1. The van der Waals surface area contributed by atoms with Crippen LogP contribution >= 0.6 is 0 Å². The lowest BCUT2D eigenvalue weighted by Crippen LogP contribution is -2.63. The number of aromatic hydroxyl groups is 1. The summed E-state index contributed by atoms with van der Waals surface area (Å²) >= 11 is 0. The second-order valence-electron chi connectivity index (χ2n) is 10.2. The fourth-order valence-corrected chi connectivity index (χ4v) is 6.20. The van der Waals surface area contributed by atoms with Gasteiger partial charge in [0, 0.05) is 23.6 Å². The number of nitrogens with zero attached hydrogens (tertiary/aromatic N) is 1. The Balaban J connectivity index is 1.96. The molecule has 0 radical (unpaired) electrons. The number of allylic oxidation sites excluding steroid dienone is 1. The lowest BCUT2D eigenvalue weighted by atomic mass is 9.58. The van der Waals surface area contributed by atoms with E-state index in [1.54, 1.807) is 14.1 Å². The van der Waals surface area contributed by atoms with Crippen LogP contribution in [0.2, 0.25) is 0 Å². The molecule has 36 heavy (non-hydrogen) atoms. The first-order chi connectivity index (χ1) is 16.9. The van der Waals surface area contributed by atoms with E-state index in [4.69, 9.17) is 11.5 Å². The maximum Gasteiger partial charge on any atom is 0.255 e. The number of aryl methyl sites for hydroxylation is 1. The van der Waals surface area contributed by atoms with Gasteiger partial charge in [0.15, 0.2) is 11.4 Å². The number of carbonyl (C=O) groups is 3. The minimum Gasteiger partial charge on any atom is -0.510 e. The molecule has 1 aromatic rings. The molecular formula is C26H33N3O7. The Kier molecular flexibility index (Phi) is 6.48. The SMILES string of the molecule is CCCCc1cc(CN)c(O)c2c1C[C@H]1CC3[C@H](N(C)C)C(O)=C(C(N)=O)C(=O)[C@@]3(O)C(O)=C1C2=O. The van der Waals surface area contributed by atoms with E-state index < -0.39 is 58.0 Å². The topological polar surface area (TPSA) is 187 Å². The van der Waals surface area contributed by atoms with Crippen LogP contribution in [-0.2, 0) is 29.0 Å². The van der Waals surface area contributed by atoms with Crippen molar-refractivity contribution in [2.75, 3.05) is 14.1 Å². The summed E-state index contributed by atoms with van der Waals surface area (Å²) in [5.41, 5.74) is 9.50. The summed E-state index contributed by atoms with van der Waals surface area (Å²) in [4.78, 5) is 40.7. The molecule has 1 aromatic carbocycles. The van der Waals surface area contributed by atoms with Crippen LogP contribution in [0, 0.1) is 11.8 Å². The Hall–Kier alpha value is -3.21. The second kappa shape index (κ2) is 9.02. The van der Waals surface area contributed by atoms with Gasteiger partial charge in [-0.15, -0.1) is 0 Å². The van der Waals surface area contributed by atoms with Crippen LogP contribution < -0.4 is 11.5 Å². The highest BCUT2D eigenvalue weighted by molar-refractivity contribution is 6.24. The van der Waals surface area contributed by atoms with Crippen molar-refractivity contribution >= 4 is 17.5 Å². The summed E-state index contributed by atoms with van der Waals surface area (Å²) in [7, 11) is 3.20. The van der Waals surface area contributed by atoms with Crippen LogP contribution in [0.4, 0.5) is 0 Å². The number of rotatable bonds is 6. The Morgan fingerprint density at radius 1 is 1.19 bits per heavy atom. The average molecular weight is 500 g/mol. The van der Waals surface area contributed by atoms with Gasteiger partial charge in [-0.05, 0) is 56.8 Å². The van der Waals surface area contributed by atoms with Crippen molar-refractivity contribution in [1.29, 1.82) is 0 Å². The van der Waals surface area contributed by atoms with Gasteiger partial charge >= 0.3 is 0 Å². The lowest BCUT2D eigenvalue weighted by Gasteiger charge is -2.50. The van der Waals surface area contributed by atoms with Crippen LogP contribution in [0.3, 0.4) is 0 Å². The normalized spacial score (nSPS) is 27.8. The minimum atomic E-state index is -2.64. The molecule has 0 spiro atoms. The molecule has 10 nitrogen and oxygen atoms in total. The highest BCUT2D eigenvalue weighted by atomic mass is 16.3. The number of nitrogens with two attached hydrogens (primary N) is 2. The first-order valence-corrected chi connectivity index (χ1v) is 12.1. The van der Waals surface area contributed by atoms with Crippen molar-refractivity contribution in [3.8, 4) is 5.75 Å². The number of carbonyl (C=O) groups excluding carboxylic acids is 3. The molecule has 3 aliphatic rings. The number of phenols is 1. The number of fused-ring (bicyclic) bond motifs is 3. The number of Topliss-reactive ketones (excluding diaryl/α,β-unsaturated/α-hetero) is 2. The van der Waals surface area contributed by atoms with Crippen LogP contribution in [0.15, 0.2) is 28.7 Å². The molecule has 4 atom stereocenters. The highest BCUT2D eigenvalue weighted by Gasteiger charge is 2.63. The van der Waals surface area contributed by atoms with Gasteiger partial charge < -0.3 is 31.9 Å². The van der Waals surface area contributed by atoms with Crippen molar-refractivity contribution in [1.82, 2.24) is 4.90 Å². The van der Waals surface area contributed by atoms with Gasteiger partial charge in [-0.2, -0.15) is 0 Å². The van der Waals surface area contributed by atoms with Crippen LogP contribution in [0.5, 0.6) is 5.75 Å². The number of unbranched alkanes of at least 4 members (excludes halogenated alkanes) is 1. The molecule has 194 valence electrons. The zero-order valence-electron chi connectivity index (χ0n) is 20.7. The number of benzene rings is 1. The second-order valence-corrected chi connectivity index (χ2v) is 10.2. The molecule has 0 aromatic heterocycles. The van der Waals surface area contributed by atoms with E-state index in [-0.39, 0.29) is 36.3 Å². The number of ketones is 2. The van der Waals surface area contributed by atoms with Crippen molar-refractivity contribution < 1.29 is 34.8 Å². The van der Waals surface area contributed by atoms with Crippen LogP contribution in [-0.4, -0.2) is 68.5 Å². The Morgan fingerprint density at radius 3 is 2.42 bits per heavy atom. The fraction of sp³-hybridized carbons (Fsp3) is 0.500. The zero-order valence-corrected chi connectivity index (χ0v) is 20.7. The van der Waals surface area contributed by atoms with Crippen LogP contribution in [0.25, 0.3) is 0 Å². The number of aliphatic hydroxyl groups is 3. The number of hydrogen-bond donors (Lipinski definition) is 6. The van der Waals surface area contributed by atoms with Crippen LogP contribution in [0.1, 0.15) is 53.2 Å². The molecule has 8 N–H and O–H groups in total. The van der Waals surface area contributed by atoms with Gasteiger partial charge in [0.05, 0.1) is 11.6 Å². The van der Waals surface area contributed by atoms with Gasteiger partial charge in [0.1, 0.15) is 22.8 Å². The Labute approximate surface area is 208 Å². The first-order valence-electron chi connectivity index (χ1n) is 12.1. The third-order valence-corrected chi connectivity index (χ3v) is 7.91. The molecule has 10 heteroatoms. The van der Waals surface area contributed by atoms with Gasteiger partial charge in [-0.1, -0.05) is 19.4 Å². The third-order valence-electron chi connectivity index (χ3n) is 7.91. The maximum absolute atomic E-state index is 13.8. The molecule has 0 aliphatic heterocycles. The number of amides is 1. The Morgan fingerprint density at radius 2 is 1.86 bits per heavy atom. The summed E-state index contributed by atoms with van der Waals surface area (Å²) in [6, 6.07) is 0.800. The molecule has 0 fully saturated rings. The highest BCUT2D eigenvalue weighted by Crippen LogP contribution is 2.52. The van der Waals surface area contributed by atoms with Gasteiger partial charge in [0.25, 0.3) is 5.91 Å². The van der Waals surface area contributed by atoms with E-state index in [2.05, 4.69) is 0 Å². The van der Waals surface area contributed by atoms with Gasteiger partial charge in [0.2, 0.25) is 5.78 Å². The van der Waals surface area contributed by atoms with Crippen molar-refractivity contribution in [2.24, 2.45) is 23.3 Å². The maximum atomic E-state index is 13.8. The largest absolute Gasteiger partial charge is 0.510 e. The van der Waals surface area contributed by atoms with Gasteiger partial charge in [-0.25, -0.2) is 0 Å². The lowest BCUT2D eigenvalue weighted by molar-refractivity contribution is -0.148.